The Morgan fingerprint density at radius 1 is 1.44 bits per heavy atom. The van der Waals surface area contributed by atoms with Gasteiger partial charge in [0.1, 0.15) is 6.04 Å². The maximum atomic E-state index is 12.8. The molecule has 1 aromatic carbocycles. The van der Waals surface area contributed by atoms with Gasteiger partial charge in [0.2, 0.25) is 5.91 Å². The fourth-order valence-corrected chi connectivity index (χ4v) is 3.07. The van der Waals surface area contributed by atoms with Gasteiger partial charge < -0.3 is 15.1 Å². The van der Waals surface area contributed by atoms with Gasteiger partial charge in [-0.1, -0.05) is 0 Å². The minimum atomic E-state index is -0.470. The van der Waals surface area contributed by atoms with Crippen LogP contribution in [0.3, 0.4) is 0 Å². The van der Waals surface area contributed by atoms with Crippen molar-refractivity contribution in [3.8, 4) is 0 Å². The Bertz CT molecular complexity index is 677. The SMILES string of the molecule is CNCCN(C)C(=O)C1CCCN1C(=O)c1ccc([N+](=O)[O-])c(C)c1. The zero-order valence-corrected chi connectivity index (χ0v) is 14.8. The van der Waals surface area contributed by atoms with E-state index in [0.717, 1.165) is 6.42 Å². The highest BCUT2D eigenvalue weighted by atomic mass is 16.6. The number of carbonyl (C=O) groups excluding carboxylic acids is 2. The minimum absolute atomic E-state index is 0.0163. The quantitative estimate of drug-likeness (QED) is 0.615. The van der Waals surface area contributed by atoms with E-state index in [2.05, 4.69) is 5.32 Å². The predicted molar refractivity (Wildman–Crippen MR) is 93.5 cm³/mol. The summed E-state index contributed by atoms with van der Waals surface area (Å²) in [5.74, 6) is -0.324. The van der Waals surface area contributed by atoms with Gasteiger partial charge in [-0.05, 0) is 38.9 Å². The van der Waals surface area contributed by atoms with Crippen LogP contribution in [0, 0.1) is 17.0 Å². The van der Waals surface area contributed by atoms with Crippen molar-refractivity contribution in [2.75, 3.05) is 33.7 Å². The highest BCUT2D eigenvalue weighted by molar-refractivity contribution is 5.98. The number of rotatable bonds is 6. The van der Waals surface area contributed by atoms with Crippen molar-refractivity contribution in [3.63, 3.8) is 0 Å². The van der Waals surface area contributed by atoms with Gasteiger partial charge in [-0.25, -0.2) is 0 Å². The number of nitrogens with one attached hydrogen (secondary N) is 1. The molecule has 1 aliphatic rings. The van der Waals surface area contributed by atoms with Gasteiger partial charge in [0.15, 0.2) is 0 Å². The molecule has 8 heteroatoms. The zero-order chi connectivity index (χ0) is 18.6. The van der Waals surface area contributed by atoms with E-state index in [4.69, 9.17) is 0 Å². The van der Waals surface area contributed by atoms with Gasteiger partial charge in [-0.2, -0.15) is 0 Å². The molecule has 0 bridgehead atoms. The Morgan fingerprint density at radius 2 is 2.16 bits per heavy atom. The van der Waals surface area contributed by atoms with Gasteiger partial charge in [-0.3, -0.25) is 19.7 Å². The van der Waals surface area contributed by atoms with Crippen molar-refractivity contribution in [2.24, 2.45) is 0 Å². The molecule has 8 nitrogen and oxygen atoms in total. The lowest BCUT2D eigenvalue weighted by atomic mass is 10.1. The van der Waals surface area contributed by atoms with Crippen molar-refractivity contribution in [1.29, 1.82) is 0 Å². The number of likely N-dealkylation sites (N-methyl/N-ethyl adjacent to an activating group) is 2. The standard InChI is InChI=1S/C17H24N4O4/c1-12-11-13(6-7-14(12)21(24)25)16(22)20-9-4-5-15(20)17(23)19(3)10-8-18-2/h6-7,11,15,18H,4-5,8-10H2,1-3H3. The molecule has 2 rings (SSSR count). The highest BCUT2D eigenvalue weighted by Crippen LogP contribution is 2.24. The number of nitro benzene ring substituents is 1. The van der Waals surface area contributed by atoms with Crippen molar-refractivity contribution < 1.29 is 14.5 Å². The summed E-state index contributed by atoms with van der Waals surface area (Å²) in [7, 11) is 3.55. The molecule has 1 aromatic rings. The van der Waals surface area contributed by atoms with Crippen molar-refractivity contribution in [2.45, 2.75) is 25.8 Å². The van der Waals surface area contributed by atoms with Crippen molar-refractivity contribution >= 4 is 17.5 Å². The van der Waals surface area contributed by atoms with Crippen LogP contribution in [0.15, 0.2) is 18.2 Å². The van der Waals surface area contributed by atoms with Crippen LogP contribution in [0.1, 0.15) is 28.8 Å². The number of nitrogens with zero attached hydrogens (tertiary/aromatic N) is 3. The number of hydrogen-bond acceptors (Lipinski definition) is 5. The molecule has 0 radical (unpaired) electrons. The number of benzene rings is 1. The number of nitro groups is 1. The molecule has 0 aromatic heterocycles. The van der Waals surface area contributed by atoms with Crippen LogP contribution in [0.4, 0.5) is 5.69 Å². The fraction of sp³-hybridized carbons (Fsp3) is 0.529. The highest BCUT2D eigenvalue weighted by Gasteiger charge is 2.36. The van der Waals surface area contributed by atoms with Crippen molar-refractivity contribution in [3.05, 3.63) is 39.4 Å². The molecule has 25 heavy (non-hydrogen) atoms. The van der Waals surface area contributed by atoms with E-state index in [0.29, 0.717) is 37.2 Å². The molecule has 1 atom stereocenters. The average Bonchev–Trinajstić information content (AvgIpc) is 3.07. The molecule has 0 saturated carbocycles. The summed E-state index contributed by atoms with van der Waals surface area (Å²) in [6.07, 6.45) is 1.41. The number of hydrogen-bond donors (Lipinski definition) is 1. The predicted octanol–water partition coefficient (Wildman–Crippen LogP) is 1.19. The Kier molecular flexibility index (Phi) is 6.08. The van der Waals surface area contributed by atoms with Crippen molar-refractivity contribution in [1.82, 2.24) is 15.1 Å². The topological polar surface area (TPSA) is 95.8 Å². The lowest BCUT2D eigenvalue weighted by Gasteiger charge is -2.28. The normalized spacial score (nSPS) is 16.8. The Morgan fingerprint density at radius 3 is 2.76 bits per heavy atom. The van der Waals surface area contributed by atoms with Gasteiger partial charge in [0, 0.05) is 43.9 Å². The molecular formula is C17H24N4O4. The zero-order valence-electron chi connectivity index (χ0n) is 14.8. The molecule has 2 amide bonds. The molecule has 136 valence electrons. The number of aryl methyl sites for hydroxylation is 1. The summed E-state index contributed by atoms with van der Waals surface area (Å²) in [6.45, 7) is 3.38. The lowest BCUT2D eigenvalue weighted by molar-refractivity contribution is -0.385. The monoisotopic (exact) mass is 348 g/mol. The maximum Gasteiger partial charge on any atom is 0.272 e. The van der Waals surface area contributed by atoms with E-state index in [1.54, 1.807) is 23.8 Å². The van der Waals surface area contributed by atoms with Crippen LogP contribution in [-0.4, -0.2) is 66.3 Å². The molecule has 1 N–H and O–H groups in total. The van der Waals surface area contributed by atoms with Crippen LogP contribution in [0.2, 0.25) is 0 Å². The van der Waals surface area contributed by atoms with Crippen LogP contribution in [0.25, 0.3) is 0 Å². The van der Waals surface area contributed by atoms with Gasteiger partial charge in [-0.15, -0.1) is 0 Å². The molecule has 0 spiro atoms. The fourth-order valence-electron chi connectivity index (χ4n) is 3.07. The first-order valence-corrected chi connectivity index (χ1v) is 8.32. The minimum Gasteiger partial charge on any atom is -0.343 e. The molecule has 1 unspecified atom stereocenters. The molecular weight excluding hydrogens is 324 g/mol. The Hall–Kier alpha value is -2.48. The molecule has 1 saturated heterocycles. The van der Waals surface area contributed by atoms with E-state index in [1.807, 2.05) is 7.05 Å². The first-order chi connectivity index (χ1) is 11.9. The summed E-state index contributed by atoms with van der Waals surface area (Å²) < 4.78 is 0. The molecule has 0 aliphatic carbocycles. The largest absolute Gasteiger partial charge is 0.343 e. The summed E-state index contributed by atoms with van der Waals surface area (Å²) in [4.78, 5) is 39.1. The smallest absolute Gasteiger partial charge is 0.272 e. The van der Waals surface area contributed by atoms with Crippen LogP contribution in [0.5, 0.6) is 0 Å². The third-order valence-electron chi connectivity index (χ3n) is 4.51. The summed E-state index contributed by atoms with van der Waals surface area (Å²) in [5.41, 5.74) is 0.794. The van der Waals surface area contributed by atoms with Gasteiger partial charge >= 0.3 is 0 Å². The van der Waals surface area contributed by atoms with E-state index in [1.165, 1.54) is 18.2 Å². The third-order valence-corrected chi connectivity index (χ3v) is 4.51. The van der Waals surface area contributed by atoms with Crippen LogP contribution >= 0.6 is 0 Å². The molecule has 1 heterocycles. The van der Waals surface area contributed by atoms with Gasteiger partial charge in [0.05, 0.1) is 4.92 Å². The Labute approximate surface area is 146 Å². The molecule has 1 fully saturated rings. The number of likely N-dealkylation sites (tertiary alicyclic amines) is 1. The van der Waals surface area contributed by atoms with E-state index < -0.39 is 11.0 Å². The third kappa shape index (κ3) is 4.14. The van der Waals surface area contributed by atoms with Crippen LogP contribution < -0.4 is 5.32 Å². The molecule has 1 aliphatic heterocycles. The first-order valence-electron chi connectivity index (χ1n) is 8.32. The summed E-state index contributed by atoms with van der Waals surface area (Å²) in [5, 5.41) is 13.9. The van der Waals surface area contributed by atoms with Gasteiger partial charge in [0.25, 0.3) is 11.6 Å². The van der Waals surface area contributed by atoms with E-state index in [-0.39, 0.29) is 17.5 Å². The maximum absolute atomic E-state index is 12.8. The first kappa shape index (κ1) is 18.9. The second-order valence-electron chi connectivity index (χ2n) is 6.28. The average molecular weight is 348 g/mol. The summed E-state index contributed by atoms with van der Waals surface area (Å²) >= 11 is 0. The second kappa shape index (κ2) is 8.06. The van der Waals surface area contributed by atoms with E-state index in [9.17, 15) is 19.7 Å². The second-order valence-corrected chi connectivity index (χ2v) is 6.28. The van der Waals surface area contributed by atoms with E-state index >= 15 is 0 Å². The number of amides is 2. The number of carbonyl (C=O) groups is 2. The lowest BCUT2D eigenvalue weighted by Crippen LogP contribution is -2.47. The summed E-state index contributed by atoms with van der Waals surface area (Å²) in [6, 6.07) is 3.85. The Balaban J connectivity index is 2.16. The van der Waals surface area contributed by atoms with Crippen LogP contribution in [-0.2, 0) is 4.79 Å².